The molecular weight excluding hydrogens is 206 g/mol. The summed E-state index contributed by atoms with van der Waals surface area (Å²) in [5, 5.41) is 12.6. The molecule has 1 rings (SSSR count). The highest BCUT2D eigenvalue weighted by Crippen LogP contribution is 2.19. The van der Waals surface area contributed by atoms with Crippen molar-refractivity contribution in [1.29, 1.82) is 0 Å². The van der Waals surface area contributed by atoms with Crippen LogP contribution in [0.3, 0.4) is 0 Å². The van der Waals surface area contributed by atoms with Crippen LogP contribution in [0, 0.1) is 11.8 Å². The Morgan fingerprint density at radius 3 is 2.80 bits per heavy atom. The topological polar surface area (TPSA) is 32.3 Å². The van der Waals surface area contributed by atoms with Gasteiger partial charge in [0, 0.05) is 18.4 Å². The smallest absolute Gasteiger partial charge is 0.0434 e. The lowest BCUT2D eigenvalue weighted by molar-refractivity contribution is 0.237. The predicted octanol–water partition coefficient (Wildman–Crippen LogP) is 2.13. The molecule has 1 aliphatic rings. The van der Waals surface area contributed by atoms with Crippen molar-refractivity contribution in [1.82, 2.24) is 5.32 Å². The molecule has 0 aromatic carbocycles. The molecule has 0 aromatic rings. The van der Waals surface area contributed by atoms with Crippen molar-refractivity contribution in [3.05, 3.63) is 0 Å². The summed E-state index contributed by atoms with van der Waals surface area (Å²) in [7, 11) is 0. The van der Waals surface area contributed by atoms with E-state index in [2.05, 4.69) is 19.2 Å². The molecule has 1 aliphatic heterocycles. The van der Waals surface area contributed by atoms with E-state index in [1.807, 2.05) is 11.8 Å². The van der Waals surface area contributed by atoms with Gasteiger partial charge in [0.25, 0.3) is 0 Å². The van der Waals surface area contributed by atoms with E-state index in [1.54, 1.807) is 0 Å². The molecule has 2 unspecified atom stereocenters. The molecule has 2 atom stereocenters. The molecule has 0 saturated carbocycles. The molecule has 0 aliphatic carbocycles. The number of thioether (sulfide) groups is 1. The molecule has 0 radical (unpaired) electrons. The van der Waals surface area contributed by atoms with Crippen LogP contribution in [-0.2, 0) is 0 Å². The van der Waals surface area contributed by atoms with Crippen LogP contribution in [0.5, 0.6) is 0 Å². The molecule has 1 heterocycles. The van der Waals surface area contributed by atoms with Gasteiger partial charge in [-0.25, -0.2) is 0 Å². The van der Waals surface area contributed by atoms with Crippen LogP contribution in [0.1, 0.15) is 33.1 Å². The highest BCUT2D eigenvalue weighted by molar-refractivity contribution is 7.99. The fourth-order valence-electron chi connectivity index (χ4n) is 2.18. The Morgan fingerprint density at radius 1 is 1.47 bits per heavy atom. The number of nitrogens with one attached hydrogen (secondary N) is 1. The van der Waals surface area contributed by atoms with E-state index in [-0.39, 0.29) is 0 Å². The van der Waals surface area contributed by atoms with Crippen LogP contribution in [0.2, 0.25) is 0 Å². The Balaban J connectivity index is 2.17. The van der Waals surface area contributed by atoms with Gasteiger partial charge < -0.3 is 10.4 Å². The lowest BCUT2D eigenvalue weighted by Crippen LogP contribution is -2.34. The number of hydrogen-bond donors (Lipinski definition) is 2. The standard InChI is InChI=1S/C12H25NOS/c1-10(2)7-11(3-5-14)8-13-12-4-6-15-9-12/h10-14H,3-9H2,1-2H3. The molecule has 15 heavy (non-hydrogen) atoms. The van der Waals surface area contributed by atoms with Crippen LogP contribution in [-0.4, -0.2) is 35.8 Å². The lowest BCUT2D eigenvalue weighted by atomic mass is 9.94. The molecule has 2 nitrogen and oxygen atoms in total. The summed E-state index contributed by atoms with van der Waals surface area (Å²) in [6, 6.07) is 0.725. The fourth-order valence-corrected chi connectivity index (χ4v) is 3.37. The Labute approximate surface area is 98.2 Å². The third-order valence-electron chi connectivity index (χ3n) is 2.97. The van der Waals surface area contributed by atoms with Crippen LogP contribution >= 0.6 is 11.8 Å². The summed E-state index contributed by atoms with van der Waals surface area (Å²) in [4.78, 5) is 0. The van der Waals surface area contributed by atoms with Gasteiger partial charge in [0.15, 0.2) is 0 Å². The maximum absolute atomic E-state index is 9.01. The SMILES string of the molecule is CC(C)CC(CCO)CNC1CCSC1. The second kappa shape index (κ2) is 7.53. The van der Waals surface area contributed by atoms with Crippen molar-refractivity contribution >= 4 is 11.8 Å². The Morgan fingerprint density at radius 2 is 2.27 bits per heavy atom. The summed E-state index contributed by atoms with van der Waals surface area (Å²) < 4.78 is 0. The van der Waals surface area contributed by atoms with Gasteiger partial charge in [-0.1, -0.05) is 13.8 Å². The molecule has 0 spiro atoms. The Hall–Kier alpha value is 0.270. The first-order valence-corrected chi connectivity index (χ1v) is 7.29. The molecule has 1 saturated heterocycles. The Kier molecular flexibility index (Phi) is 6.69. The van der Waals surface area contributed by atoms with Crippen molar-refractivity contribution in [2.45, 2.75) is 39.2 Å². The fraction of sp³-hybridized carbons (Fsp3) is 1.00. The van der Waals surface area contributed by atoms with Gasteiger partial charge in [-0.2, -0.15) is 11.8 Å². The third kappa shape index (κ3) is 5.79. The van der Waals surface area contributed by atoms with E-state index < -0.39 is 0 Å². The first-order valence-electron chi connectivity index (χ1n) is 6.14. The molecule has 0 amide bonds. The van der Waals surface area contributed by atoms with Crippen molar-refractivity contribution in [2.75, 3.05) is 24.7 Å². The summed E-state index contributed by atoms with van der Waals surface area (Å²) in [5.41, 5.74) is 0. The lowest BCUT2D eigenvalue weighted by Gasteiger charge is -2.21. The van der Waals surface area contributed by atoms with Crippen LogP contribution < -0.4 is 5.32 Å². The maximum atomic E-state index is 9.01. The van der Waals surface area contributed by atoms with E-state index in [4.69, 9.17) is 5.11 Å². The second-order valence-corrected chi connectivity index (χ2v) is 6.13. The molecule has 0 aromatic heterocycles. The molecule has 0 bridgehead atoms. The van der Waals surface area contributed by atoms with Crippen LogP contribution in [0.15, 0.2) is 0 Å². The molecule has 3 heteroatoms. The number of aliphatic hydroxyl groups excluding tert-OH is 1. The predicted molar refractivity (Wildman–Crippen MR) is 68.4 cm³/mol. The van der Waals surface area contributed by atoms with Crippen molar-refractivity contribution in [3.63, 3.8) is 0 Å². The van der Waals surface area contributed by atoms with Gasteiger partial charge in [-0.3, -0.25) is 0 Å². The quantitative estimate of drug-likeness (QED) is 0.704. The minimum atomic E-state index is 0.332. The van der Waals surface area contributed by atoms with E-state index in [1.165, 1.54) is 24.3 Å². The zero-order valence-corrected chi connectivity index (χ0v) is 10.9. The number of aliphatic hydroxyl groups is 1. The largest absolute Gasteiger partial charge is 0.396 e. The highest BCUT2D eigenvalue weighted by atomic mass is 32.2. The first-order chi connectivity index (χ1) is 7.22. The van der Waals surface area contributed by atoms with Gasteiger partial charge >= 0.3 is 0 Å². The van der Waals surface area contributed by atoms with E-state index in [0.717, 1.165) is 24.9 Å². The first kappa shape index (κ1) is 13.3. The van der Waals surface area contributed by atoms with Gasteiger partial charge in [0.1, 0.15) is 0 Å². The minimum absolute atomic E-state index is 0.332. The van der Waals surface area contributed by atoms with Crippen LogP contribution in [0.25, 0.3) is 0 Å². The summed E-state index contributed by atoms with van der Waals surface area (Å²) in [5.74, 6) is 3.97. The molecule has 90 valence electrons. The van der Waals surface area contributed by atoms with Crippen molar-refractivity contribution in [2.24, 2.45) is 11.8 Å². The average Bonchev–Trinajstić information content (AvgIpc) is 2.66. The monoisotopic (exact) mass is 231 g/mol. The molecule has 1 fully saturated rings. The van der Waals surface area contributed by atoms with Crippen molar-refractivity contribution in [3.8, 4) is 0 Å². The summed E-state index contributed by atoms with van der Waals surface area (Å²) >= 11 is 2.05. The average molecular weight is 231 g/mol. The minimum Gasteiger partial charge on any atom is -0.396 e. The summed E-state index contributed by atoms with van der Waals surface area (Å²) in [6.07, 6.45) is 3.50. The van der Waals surface area contributed by atoms with Crippen molar-refractivity contribution < 1.29 is 5.11 Å². The van der Waals surface area contributed by atoms with Gasteiger partial charge in [-0.05, 0) is 43.4 Å². The Bertz CT molecular complexity index is 158. The van der Waals surface area contributed by atoms with E-state index in [9.17, 15) is 0 Å². The third-order valence-corrected chi connectivity index (χ3v) is 4.13. The second-order valence-electron chi connectivity index (χ2n) is 4.98. The maximum Gasteiger partial charge on any atom is 0.0434 e. The van der Waals surface area contributed by atoms with Gasteiger partial charge in [0.05, 0.1) is 0 Å². The summed E-state index contributed by atoms with van der Waals surface area (Å²) in [6.45, 7) is 5.94. The van der Waals surface area contributed by atoms with Gasteiger partial charge in [-0.15, -0.1) is 0 Å². The van der Waals surface area contributed by atoms with Crippen LogP contribution in [0.4, 0.5) is 0 Å². The molecular formula is C12H25NOS. The van der Waals surface area contributed by atoms with Gasteiger partial charge in [0.2, 0.25) is 0 Å². The highest BCUT2D eigenvalue weighted by Gasteiger charge is 2.17. The van der Waals surface area contributed by atoms with E-state index >= 15 is 0 Å². The number of rotatable bonds is 7. The number of hydrogen-bond acceptors (Lipinski definition) is 3. The molecule has 2 N–H and O–H groups in total. The zero-order valence-electron chi connectivity index (χ0n) is 10.0. The van der Waals surface area contributed by atoms with E-state index in [0.29, 0.717) is 12.5 Å². The normalized spacial score (nSPS) is 23.6. The zero-order chi connectivity index (χ0) is 11.1.